The summed E-state index contributed by atoms with van der Waals surface area (Å²) in [4.78, 5) is 19.1. The first-order valence-corrected chi connectivity index (χ1v) is 8.85. The van der Waals surface area contributed by atoms with Gasteiger partial charge in [0.1, 0.15) is 0 Å². The molecule has 5 heteroatoms. The number of aromatic nitrogens is 1. The molecule has 1 N–H and O–H groups in total. The number of carbonyl (C=O) groups is 1. The Morgan fingerprint density at radius 3 is 2.76 bits per heavy atom. The molecular weight excluding hydrogens is 314 g/mol. The van der Waals surface area contributed by atoms with E-state index in [2.05, 4.69) is 10.3 Å². The van der Waals surface area contributed by atoms with Crippen molar-refractivity contribution in [2.24, 2.45) is 0 Å². The van der Waals surface area contributed by atoms with E-state index in [9.17, 15) is 4.79 Å². The molecule has 0 radical (unpaired) electrons. The number of pyridine rings is 1. The van der Waals surface area contributed by atoms with Crippen molar-refractivity contribution < 1.29 is 9.53 Å². The number of hydrogen-bond donors (Lipinski definition) is 1. The molecule has 132 valence electrons. The van der Waals surface area contributed by atoms with E-state index in [4.69, 9.17) is 4.74 Å². The first-order valence-electron chi connectivity index (χ1n) is 8.85. The van der Waals surface area contributed by atoms with Gasteiger partial charge in [-0.15, -0.1) is 0 Å². The Bertz CT molecular complexity index is 657. The van der Waals surface area contributed by atoms with Gasteiger partial charge in [0.25, 0.3) is 0 Å². The Labute approximate surface area is 149 Å². The third-order valence-corrected chi connectivity index (χ3v) is 4.54. The molecule has 0 saturated carbocycles. The van der Waals surface area contributed by atoms with Crippen LogP contribution in [0.4, 0.5) is 4.79 Å². The van der Waals surface area contributed by atoms with Gasteiger partial charge < -0.3 is 15.0 Å². The fourth-order valence-electron chi connectivity index (χ4n) is 3.06. The van der Waals surface area contributed by atoms with Gasteiger partial charge in [0.05, 0.1) is 17.8 Å². The molecule has 0 aliphatic carbocycles. The number of rotatable bonds is 6. The summed E-state index contributed by atoms with van der Waals surface area (Å²) < 4.78 is 5.60. The number of urea groups is 1. The molecule has 2 unspecified atom stereocenters. The molecule has 1 aliphatic rings. The van der Waals surface area contributed by atoms with E-state index in [1.54, 1.807) is 6.20 Å². The van der Waals surface area contributed by atoms with Crippen molar-refractivity contribution in [3.05, 3.63) is 66.0 Å². The Kier molecular flexibility index (Phi) is 6.01. The van der Waals surface area contributed by atoms with Crippen molar-refractivity contribution in [3.8, 4) is 0 Å². The Morgan fingerprint density at radius 1 is 1.28 bits per heavy atom. The number of carbonyl (C=O) groups excluding carboxylic acids is 1. The van der Waals surface area contributed by atoms with Crippen LogP contribution in [0.3, 0.4) is 0 Å². The van der Waals surface area contributed by atoms with Crippen LogP contribution < -0.4 is 5.32 Å². The number of nitrogens with zero attached hydrogens (tertiary/aromatic N) is 2. The van der Waals surface area contributed by atoms with Crippen LogP contribution in [0.2, 0.25) is 0 Å². The smallest absolute Gasteiger partial charge is 0.318 e. The molecular formula is C20H25N3O2. The molecule has 2 amide bonds. The fraction of sp³-hybridized carbons (Fsp3) is 0.400. The molecule has 0 bridgehead atoms. The quantitative estimate of drug-likeness (QED) is 0.876. The fourth-order valence-corrected chi connectivity index (χ4v) is 3.06. The van der Waals surface area contributed by atoms with E-state index in [-0.39, 0.29) is 18.2 Å². The minimum atomic E-state index is -0.120. The SMILES string of the molecule is CC(c1ccccn1)N(Cc1ccccc1)C(=O)NCC1CCCO1. The topological polar surface area (TPSA) is 54.5 Å². The Balaban J connectivity index is 1.71. The summed E-state index contributed by atoms with van der Waals surface area (Å²) in [5.41, 5.74) is 1.98. The van der Waals surface area contributed by atoms with Crippen molar-refractivity contribution in [2.75, 3.05) is 13.2 Å². The summed E-state index contributed by atoms with van der Waals surface area (Å²) in [6, 6.07) is 15.6. The summed E-state index contributed by atoms with van der Waals surface area (Å²) in [5, 5.41) is 3.03. The van der Waals surface area contributed by atoms with Gasteiger partial charge in [-0.3, -0.25) is 4.98 Å². The van der Waals surface area contributed by atoms with Gasteiger partial charge in [-0.05, 0) is 37.5 Å². The van der Waals surface area contributed by atoms with Crippen molar-refractivity contribution in [1.29, 1.82) is 0 Å². The van der Waals surface area contributed by atoms with E-state index >= 15 is 0 Å². The molecule has 2 atom stereocenters. The van der Waals surface area contributed by atoms with Crippen molar-refractivity contribution in [1.82, 2.24) is 15.2 Å². The summed E-state index contributed by atoms with van der Waals surface area (Å²) in [6.07, 6.45) is 3.97. The summed E-state index contributed by atoms with van der Waals surface area (Å²) >= 11 is 0. The molecule has 25 heavy (non-hydrogen) atoms. The van der Waals surface area contributed by atoms with Crippen LogP contribution in [0.15, 0.2) is 54.7 Å². The van der Waals surface area contributed by atoms with Gasteiger partial charge >= 0.3 is 6.03 Å². The largest absolute Gasteiger partial charge is 0.376 e. The first-order chi connectivity index (χ1) is 12.2. The van der Waals surface area contributed by atoms with Crippen LogP contribution in [0.1, 0.15) is 37.1 Å². The summed E-state index contributed by atoms with van der Waals surface area (Å²) in [5.74, 6) is 0. The monoisotopic (exact) mass is 339 g/mol. The minimum Gasteiger partial charge on any atom is -0.376 e. The molecule has 3 rings (SSSR count). The number of amides is 2. The maximum absolute atomic E-state index is 12.9. The molecule has 1 aromatic heterocycles. The number of nitrogens with one attached hydrogen (secondary N) is 1. The number of benzene rings is 1. The molecule has 1 aromatic carbocycles. The number of ether oxygens (including phenoxy) is 1. The normalized spacial score (nSPS) is 17.9. The minimum absolute atomic E-state index is 0.0856. The molecule has 1 fully saturated rings. The second-order valence-corrected chi connectivity index (χ2v) is 6.37. The highest BCUT2D eigenvalue weighted by atomic mass is 16.5. The van der Waals surface area contributed by atoms with E-state index in [0.29, 0.717) is 13.1 Å². The van der Waals surface area contributed by atoms with Gasteiger partial charge in [-0.1, -0.05) is 36.4 Å². The maximum atomic E-state index is 12.9. The average Bonchev–Trinajstić information content (AvgIpc) is 3.19. The Morgan fingerprint density at radius 2 is 2.08 bits per heavy atom. The highest BCUT2D eigenvalue weighted by Gasteiger charge is 2.24. The maximum Gasteiger partial charge on any atom is 0.318 e. The lowest BCUT2D eigenvalue weighted by atomic mass is 10.1. The van der Waals surface area contributed by atoms with Crippen LogP contribution in [0.25, 0.3) is 0 Å². The zero-order chi connectivity index (χ0) is 17.5. The molecule has 2 aromatic rings. The Hall–Kier alpha value is -2.40. The third kappa shape index (κ3) is 4.79. The van der Waals surface area contributed by atoms with Gasteiger partial charge in [-0.2, -0.15) is 0 Å². The van der Waals surface area contributed by atoms with Crippen molar-refractivity contribution >= 4 is 6.03 Å². The zero-order valence-corrected chi connectivity index (χ0v) is 14.6. The standard InChI is InChI=1S/C20H25N3O2/c1-16(19-11-5-6-12-21-19)23(15-17-8-3-2-4-9-17)20(24)22-14-18-10-7-13-25-18/h2-6,8-9,11-12,16,18H,7,10,13-15H2,1H3,(H,22,24). The highest BCUT2D eigenvalue weighted by Crippen LogP contribution is 2.21. The first kappa shape index (κ1) is 17.4. The lowest BCUT2D eigenvalue weighted by Crippen LogP contribution is -2.43. The van der Waals surface area contributed by atoms with Crippen molar-refractivity contribution in [2.45, 2.75) is 38.5 Å². The van der Waals surface area contributed by atoms with E-state index in [1.807, 2.05) is 60.4 Å². The molecule has 1 aliphatic heterocycles. The van der Waals surface area contributed by atoms with Gasteiger partial charge in [0.15, 0.2) is 0 Å². The van der Waals surface area contributed by atoms with Crippen LogP contribution in [0, 0.1) is 0 Å². The molecule has 1 saturated heterocycles. The lowest BCUT2D eigenvalue weighted by molar-refractivity contribution is 0.107. The van der Waals surface area contributed by atoms with E-state index in [0.717, 1.165) is 30.7 Å². The summed E-state index contributed by atoms with van der Waals surface area (Å²) in [7, 11) is 0. The van der Waals surface area contributed by atoms with Gasteiger partial charge in [0, 0.05) is 25.9 Å². The predicted octanol–water partition coefficient (Wildman–Crippen LogP) is 3.53. The van der Waals surface area contributed by atoms with Crippen LogP contribution in [0.5, 0.6) is 0 Å². The predicted molar refractivity (Wildman–Crippen MR) is 97.0 cm³/mol. The highest BCUT2D eigenvalue weighted by molar-refractivity contribution is 5.74. The van der Waals surface area contributed by atoms with E-state index < -0.39 is 0 Å². The van der Waals surface area contributed by atoms with Crippen LogP contribution in [-0.2, 0) is 11.3 Å². The summed E-state index contributed by atoms with van der Waals surface area (Å²) in [6.45, 7) is 3.89. The van der Waals surface area contributed by atoms with Crippen LogP contribution in [-0.4, -0.2) is 35.2 Å². The molecule has 0 spiro atoms. The van der Waals surface area contributed by atoms with Gasteiger partial charge in [-0.25, -0.2) is 4.79 Å². The average molecular weight is 339 g/mol. The van der Waals surface area contributed by atoms with Gasteiger partial charge in [0.2, 0.25) is 0 Å². The molecule has 2 heterocycles. The lowest BCUT2D eigenvalue weighted by Gasteiger charge is -2.29. The second-order valence-electron chi connectivity index (χ2n) is 6.37. The third-order valence-electron chi connectivity index (χ3n) is 4.54. The van der Waals surface area contributed by atoms with E-state index in [1.165, 1.54) is 0 Å². The second kappa shape index (κ2) is 8.62. The zero-order valence-electron chi connectivity index (χ0n) is 14.6. The van der Waals surface area contributed by atoms with Crippen molar-refractivity contribution in [3.63, 3.8) is 0 Å². The number of hydrogen-bond acceptors (Lipinski definition) is 3. The molecule has 5 nitrogen and oxygen atoms in total. The van der Waals surface area contributed by atoms with Crippen LogP contribution >= 0.6 is 0 Å².